The highest BCUT2D eigenvalue weighted by Gasteiger charge is 2.27. The molecule has 0 bridgehead atoms. The highest BCUT2D eigenvalue weighted by molar-refractivity contribution is 7.99. The highest BCUT2D eigenvalue weighted by atomic mass is 32.2. The molecule has 0 fully saturated rings. The quantitative estimate of drug-likeness (QED) is 0.412. The lowest BCUT2D eigenvalue weighted by Crippen LogP contribution is -2.22. The summed E-state index contributed by atoms with van der Waals surface area (Å²) in [6, 6.07) is 13.8. The Hall–Kier alpha value is -2.20. The van der Waals surface area contributed by atoms with Crippen molar-refractivity contribution in [2.45, 2.75) is 37.5 Å². The van der Waals surface area contributed by atoms with Crippen LogP contribution in [0.15, 0.2) is 47.4 Å². The molecule has 1 N–H and O–H groups in total. The molecule has 0 radical (unpaired) electrons. The van der Waals surface area contributed by atoms with E-state index in [1.807, 2.05) is 23.9 Å². The first-order valence-electron chi connectivity index (χ1n) is 8.32. The Bertz CT molecular complexity index is 820. The number of hydrogen-bond acceptors (Lipinski definition) is 3. The van der Waals surface area contributed by atoms with Crippen LogP contribution in [0.4, 0.5) is 4.79 Å². The third-order valence-electron chi connectivity index (χ3n) is 4.62. The fourth-order valence-electron chi connectivity index (χ4n) is 3.05. The molecule has 2 aromatic carbocycles. The zero-order valence-corrected chi connectivity index (χ0v) is 15.5. The van der Waals surface area contributed by atoms with Crippen molar-refractivity contribution in [2.24, 2.45) is 0 Å². The maximum Gasteiger partial charge on any atom is 0.511 e. The van der Waals surface area contributed by atoms with Crippen LogP contribution in [-0.2, 0) is 5.41 Å². The van der Waals surface area contributed by atoms with Crippen LogP contribution in [0.2, 0.25) is 0 Å². The van der Waals surface area contributed by atoms with Gasteiger partial charge in [-0.25, -0.2) is 4.79 Å². The molecule has 0 atom stereocenters. The first-order valence-corrected chi connectivity index (χ1v) is 9.30. The van der Waals surface area contributed by atoms with Crippen LogP contribution in [-0.4, -0.2) is 17.0 Å². The fraction of sp³-hybridized carbons (Fsp3) is 0.286. The zero-order valence-electron chi connectivity index (χ0n) is 14.7. The number of rotatable bonds is 3. The summed E-state index contributed by atoms with van der Waals surface area (Å²) in [6.07, 6.45) is 2.01. The van der Waals surface area contributed by atoms with Crippen molar-refractivity contribution in [3.05, 3.63) is 59.2 Å². The van der Waals surface area contributed by atoms with Crippen LogP contribution in [0.1, 0.15) is 43.9 Å². The molecule has 0 saturated heterocycles. The normalized spacial score (nSPS) is 16.2. The summed E-state index contributed by atoms with van der Waals surface area (Å²) < 4.78 is 4.64. The summed E-state index contributed by atoms with van der Waals surface area (Å²) in [7, 11) is 0. The minimum absolute atomic E-state index is 0.215. The minimum atomic E-state index is -1.30. The van der Waals surface area contributed by atoms with Gasteiger partial charge in [-0.2, -0.15) is 0 Å². The monoisotopic (exact) mass is 354 g/mol. The van der Waals surface area contributed by atoms with E-state index >= 15 is 0 Å². The van der Waals surface area contributed by atoms with E-state index in [4.69, 9.17) is 5.11 Å². The maximum atomic E-state index is 10.6. The summed E-state index contributed by atoms with van der Waals surface area (Å²) in [4.78, 5) is 11.9. The Balaban J connectivity index is 1.86. The van der Waals surface area contributed by atoms with Gasteiger partial charge in [0, 0.05) is 4.90 Å². The number of allylic oxidation sites excluding steroid dienone is 1. The predicted molar refractivity (Wildman–Crippen MR) is 103 cm³/mol. The summed E-state index contributed by atoms with van der Waals surface area (Å²) in [5.74, 6) is 1.51. The smallest absolute Gasteiger partial charge is 0.449 e. The maximum absolute atomic E-state index is 10.6. The van der Waals surface area contributed by atoms with Crippen molar-refractivity contribution >= 4 is 29.6 Å². The SMILES string of the molecule is C/C(=C\c1ccc(OC(=O)O)cc1)c1ccc2c(c1)C(C)(C)CCS2. The molecule has 0 saturated carbocycles. The van der Waals surface area contributed by atoms with Crippen molar-refractivity contribution in [3.63, 3.8) is 0 Å². The van der Waals surface area contributed by atoms with Crippen molar-refractivity contribution in [3.8, 4) is 5.75 Å². The van der Waals surface area contributed by atoms with Gasteiger partial charge in [-0.05, 0) is 71.0 Å². The molecule has 0 amide bonds. The Morgan fingerprint density at radius 1 is 1.20 bits per heavy atom. The van der Waals surface area contributed by atoms with Gasteiger partial charge in [-0.15, -0.1) is 11.8 Å². The second-order valence-electron chi connectivity index (χ2n) is 6.96. The average Bonchev–Trinajstić information content (AvgIpc) is 2.56. The molecule has 3 rings (SSSR count). The fourth-order valence-corrected chi connectivity index (χ4v) is 4.53. The molecule has 130 valence electrons. The molecule has 2 aromatic rings. The number of fused-ring (bicyclic) bond motifs is 1. The van der Waals surface area contributed by atoms with E-state index in [1.54, 1.807) is 12.1 Å². The van der Waals surface area contributed by atoms with Crippen molar-refractivity contribution < 1.29 is 14.6 Å². The van der Waals surface area contributed by atoms with Crippen LogP contribution in [0.25, 0.3) is 11.6 Å². The Labute approximate surface area is 152 Å². The summed E-state index contributed by atoms with van der Waals surface area (Å²) in [5, 5.41) is 8.63. The molecule has 1 aliphatic rings. The molecular formula is C21H22O3S. The van der Waals surface area contributed by atoms with Crippen LogP contribution < -0.4 is 4.74 Å². The van der Waals surface area contributed by atoms with Gasteiger partial charge in [0.25, 0.3) is 0 Å². The van der Waals surface area contributed by atoms with E-state index in [9.17, 15) is 4.79 Å². The van der Waals surface area contributed by atoms with Gasteiger partial charge in [0.2, 0.25) is 0 Å². The van der Waals surface area contributed by atoms with Crippen LogP contribution >= 0.6 is 11.8 Å². The molecular weight excluding hydrogens is 332 g/mol. The topological polar surface area (TPSA) is 46.5 Å². The molecule has 0 aromatic heterocycles. The average molecular weight is 354 g/mol. The predicted octanol–water partition coefficient (Wildman–Crippen LogP) is 6.08. The zero-order chi connectivity index (χ0) is 18.0. The second-order valence-corrected chi connectivity index (χ2v) is 8.09. The van der Waals surface area contributed by atoms with Crippen LogP contribution in [0, 0.1) is 0 Å². The molecule has 1 aliphatic heterocycles. The lowest BCUT2D eigenvalue weighted by atomic mass is 9.80. The van der Waals surface area contributed by atoms with E-state index < -0.39 is 6.16 Å². The lowest BCUT2D eigenvalue weighted by molar-refractivity contribution is 0.144. The number of benzene rings is 2. The molecule has 0 aliphatic carbocycles. The van der Waals surface area contributed by atoms with Gasteiger partial charge >= 0.3 is 6.16 Å². The Morgan fingerprint density at radius 2 is 1.92 bits per heavy atom. The van der Waals surface area contributed by atoms with E-state index in [1.165, 1.54) is 33.8 Å². The van der Waals surface area contributed by atoms with Gasteiger partial charge in [0.1, 0.15) is 5.75 Å². The van der Waals surface area contributed by atoms with E-state index in [2.05, 4.69) is 49.8 Å². The van der Waals surface area contributed by atoms with Gasteiger partial charge in [-0.3, -0.25) is 0 Å². The first-order chi connectivity index (χ1) is 11.8. The molecule has 1 heterocycles. The standard InChI is InChI=1S/C21H22O3S/c1-14(12-15-4-7-17(8-5-15)24-20(22)23)16-6-9-19-18(13-16)21(2,3)10-11-25-19/h4-9,12-13H,10-11H2,1-3H3,(H,22,23)/b14-12+. The van der Waals surface area contributed by atoms with Gasteiger partial charge in [0.15, 0.2) is 0 Å². The summed E-state index contributed by atoms with van der Waals surface area (Å²) in [6.45, 7) is 6.73. The number of ether oxygens (including phenoxy) is 1. The van der Waals surface area contributed by atoms with Crippen LogP contribution in [0.5, 0.6) is 5.75 Å². The summed E-state index contributed by atoms with van der Waals surface area (Å²) >= 11 is 1.94. The lowest BCUT2D eigenvalue weighted by Gasteiger charge is -2.32. The number of hydrogen-bond donors (Lipinski definition) is 1. The highest BCUT2D eigenvalue weighted by Crippen LogP contribution is 2.42. The Morgan fingerprint density at radius 3 is 2.60 bits per heavy atom. The molecule has 0 unspecified atom stereocenters. The molecule has 3 nitrogen and oxygen atoms in total. The summed E-state index contributed by atoms with van der Waals surface area (Å²) in [5.41, 5.74) is 5.06. The number of carbonyl (C=O) groups is 1. The number of carboxylic acid groups (broad SMARTS) is 1. The largest absolute Gasteiger partial charge is 0.511 e. The third-order valence-corrected chi connectivity index (χ3v) is 5.69. The van der Waals surface area contributed by atoms with E-state index in [-0.39, 0.29) is 5.41 Å². The van der Waals surface area contributed by atoms with Gasteiger partial charge < -0.3 is 9.84 Å². The number of thioether (sulfide) groups is 1. The van der Waals surface area contributed by atoms with Crippen LogP contribution in [0.3, 0.4) is 0 Å². The molecule has 25 heavy (non-hydrogen) atoms. The Kier molecular flexibility index (Phi) is 4.91. The third kappa shape index (κ3) is 4.07. The van der Waals surface area contributed by atoms with Gasteiger partial charge in [-0.1, -0.05) is 38.1 Å². The minimum Gasteiger partial charge on any atom is -0.449 e. The van der Waals surface area contributed by atoms with E-state index in [0.29, 0.717) is 5.75 Å². The van der Waals surface area contributed by atoms with Gasteiger partial charge in [0.05, 0.1) is 0 Å². The molecule has 4 heteroatoms. The van der Waals surface area contributed by atoms with Crippen molar-refractivity contribution in [1.82, 2.24) is 0 Å². The van der Waals surface area contributed by atoms with Crippen molar-refractivity contribution in [1.29, 1.82) is 0 Å². The van der Waals surface area contributed by atoms with Crippen molar-refractivity contribution in [2.75, 3.05) is 5.75 Å². The first kappa shape index (κ1) is 17.6. The second kappa shape index (κ2) is 6.96. The molecule has 0 spiro atoms. The van der Waals surface area contributed by atoms with E-state index in [0.717, 1.165) is 5.56 Å².